The minimum atomic E-state index is -4.43. The van der Waals surface area contributed by atoms with Gasteiger partial charge in [0.05, 0.1) is 5.56 Å². The van der Waals surface area contributed by atoms with Gasteiger partial charge in [0.2, 0.25) is 5.89 Å². The lowest BCUT2D eigenvalue weighted by Crippen LogP contribution is -2.04. The highest BCUT2D eigenvalue weighted by Gasteiger charge is 2.30. The molecule has 27 heavy (non-hydrogen) atoms. The van der Waals surface area contributed by atoms with Crippen LogP contribution in [0.2, 0.25) is 0 Å². The summed E-state index contributed by atoms with van der Waals surface area (Å²) in [5.41, 5.74) is 2.53. The van der Waals surface area contributed by atoms with E-state index < -0.39 is 11.7 Å². The summed E-state index contributed by atoms with van der Waals surface area (Å²) < 4.78 is 58.2. The summed E-state index contributed by atoms with van der Waals surface area (Å²) in [5, 5.41) is 0. The van der Waals surface area contributed by atoms with Crippen molar-refractivity contribution in [2.45, 2.75) is 13.1 Å². The highest BCUT2D eigenvalue weighted by molar-refractivity contribution is 5.92. The van der Waals surface area contributed by atoms with E-state index in [-0.39, 0.29) is 11.7 Å². The van der Waals surface area contributed by atoms with Crippen LogP contribution in [0.1, 0.15) is 11.1 Å². The van der Waals surface area contributed by atoms with Crippen LogP contribution < -0.4 is 0 Å². The van der Waals surface area contributed by atoms with Crippen LogP contribution in [-0.4, -0.2) is 4.98 Å². The smallest absolute Gasteiger partial charge is 0.416 e. The van der Waals surface area contributed by atoms with Crippen molar-refractivity contribution < 1.29 is 22.0 Å². The lowest BCUT2D eigenvalue weighted by Gasteiger charge is -2.09. The summed E-state index contributed by atoms with van der Waals surface area (Å²) in [7, 11) is 0. The van der Waals surface area contributed by atoms with Crippen LogP contribution in [0.5, 0.6) is 0 Å². The molecule has 0 amide bonds. The molecule has 0 atom stereocenters. The first-order chi connectivity index (χ1) is 12.8. The minimum absolute atomic E-state index is 0.281. The molecule has 0 spiro atoms. The Morgan fingerprint density at radius 3 is 2.33 bits per heavy atom. The summed E-state index contributed by atoms with van der Waals surface area (Å²) in [6, 6.07) is 14.3. The molecule has 4 aromatic rings. The zero-order valence-corrected chi connectivity index (χ0v) is 14.1. The average Bonchev–Trinajstić information content (AvgIpc) is 3.05. The predicted octanol–water partition coefficient (Wildman–Crippen LogP) is 6.63. The highest BCUT2D eigenvalue weighted by Crippen LogP contribution is 2.36. The number of fused-ring (bicyclic) bond motifs is 1. The fraction of sp³-hybridized carbons (Fsp3) is 0.0952. The van der Waals surface area contributed by atoms with Gasteiger partial charge < -0.3 is 4.42 Å². The molecule has 0 radical (unpaired) electrons. The van der Waals surface area contributed by atoms with Crippen molar-refractivity contribution in [3.05, 3.63) is 77.6 Å². The topological polar surface area (TPSA) is 26.0 Å². The Morgan fingerprint density at radius 1 is 0.889 bits per heavy atom. The molecule has 0 unspecified atom stereocenters. The van der Waals surface area contributed by atoms with Crippen molar-refractivity contribution in [2.24, 2.45) is 0 Å². The predicted molar refractivity (Wildman–Crippen MR) is 94.6 cm³/mol. The molecule has 4 rings (SSSR count). The molecule has 0 saturated carbocycles. The maximum atomic E-state index is 13.1. The normalized spacial score (nSPS) is 11.9. The molecular weight excluding hydrogens is 358 g/mol. The van der Waals surface area contributed by atoms with E-state index in [2.05, 4.69) is 4.98 Å². The first-order valence-electron chi connectivity index (χ1n) is 8.16. The van der Waals surface area contributed by atoms with E-state index in [0.29, 0.717) is 27.8 Å². The van der Waals surface area contributed by atoms with Crippen molar-refractivity contribution in [3.63, 3.8) is 0 Å². The summed E-state index contributed by atoms with van der Waals surface area (Å²) >= 11 is 0. The minimum Gasteiger partial charge on any atom is -0.435 e. The van der Waals surface area contributed by atoms with E-state index in [1.54, 1.807) is 18.2 Å². The number of aromatic nitrogens is 1. The molecule has 0 aliphatic carbocycles. The second kappa shape index (κ2) is 6.23. The third-order valence-electron chi connectivity index (χ3n) is 4.23. The summed E-state index contributed by atoms with van der Waals surface area (Å²) in [6.07, 6.45) is -4.43. The third-order valence-corrected chi connectivity index (χ3v) is 4.23. The summed E-state index contributed by atoms with van der Waals surface area (Å²) in [4.78, 5) is 4.42. The number of rotatable bonds is 2. The Hall–Kier alpha value is -3.15. The number of halogens is 4. The number of alkyl halides is 3. The van der Waals surface area contributed by atoms with Gasteiger partial charge in [0.15, 0.2) is 5.58 Å². The number of aryl methyl sites for hydroxylation is 1. The third kappa shape index (κ3) is 3.30. The molecule has 136 valence electrons. The molecular formula is C21H13F4NO. The van der Waals surface area contributed by atoms with Gasteiger partial charge in [-0.3, -0.25) is 0 Å². The molecule has 0 saturated heterocycles. The molecule has 1 aromatic heterocycles. The van der Waals surface area contributed by atoms with E-state index >= 15 is 0 Å². The Bertz CT molecular complexity index is 1130. The Labute approximate surface area is 152 Å². The maximum absolute atomic E-state index is 13.1. The van der Waals surface area contributed by atoms with E-state index in [0.717, 1.165) is 17.7 Å². The van der Waals surface area contributed by atoms with Crippen LogP contribution in [0.15, 0.2) is 65.1 Å². The van der Waals surface area contributed by atoms with Crippen LogP contribution in [0.3, 0.4) is 0 Å². The zero-order valence-electron chi connectivity index (χ0n) is 14.1. The largest absolute Gasteiger partial charge is 0.435 e. The number of benzene rings is 3. The van der Waals surface area contributed by atoms with Crippen molar-refractivity contribution >= 4 is 11.1 Å². The average molecular weight is 371 g/mol. The van der Waals surface area contributed by atoms with Gasteiger partial charge in [0.25, 0.3) is 0 Å². The molecule has 2 nitrogen and oxygen atoms in total. The monoisotopic (exact) mass is 371 g/mol. The van der Waals surface area contributed by atoms with Gasteiger partial charge in [-0.05, 0) is 66.6 Å². The number of hydrogen-bond acceptors (Lipinski definition) is 2. The van der Waals surface area contributed by atoms with E-state index in [9.17, 15) is 17.6 Å². The van der Waals surface area contributed by atoms with Crippen LogP contribution in [-0.2, 0) is 6.18 Å². The van der Waals surface area contributed by atoms with Crippen molar-refractivity contribution in [2.75, 3.05) is 0 Å². The number of nitrogens with zero attached hydrogens (tertiary/aromatic N) is 1. The van der Waals surface area contributed by atoms with Gasteiger partial charge in [-0.1, -0.05) is 12.1 Å². The number of oxazole rings is 1. The van der Waals surface area contributed by atoms with Crippen LogP contribution in [0, 0.1) is 12.7 Å². The van der Waals surface area contributed by atoms with Crippen LogP contribution in [0.4, 0.5) is 17.6 Å². The van der Waals surface area contributed by atoms with Gasteiger partial charge in [-0.25, -0.2) is 9.37 Å². The van der Waals surface area contributed by atoms with Gasteiger partial charge in [0, 0.05) is 11.1 Å². The first kappa shape index (κ1) is 17.3. The lowest BCUT2D eigenvalue weighted by molar-refractivity contribution is -0.137. The van der Waals surface area contributed by atoms with Crippen LogP contribution >= 0.6 is 0 Å². The molecule has 0 bridgehead atoms. The fourth-order valence-corrected chi connectivity index (χ4v) is 2.97. The summed E-state index contributed by atoms with van der Waals surface area (Å²) in [6.45, 7) is 1.84. The Kier molecular flexibility index (Phi) is 3.98. The van der Waals surface area contributed by atoms with Gasteiger partial charge >= 0.3 is 6.18 Å². The zero-order chi connectivity index (χ0) is 19.2. The van der Waals surface area contributed by atoms with E-state index in [4.69, 9.17) is 4.42 Å². The quantitative estimate of drug-likeness (QED) is 0.370. The van der Waals surface area contributed by atoms with Crippen molar-refractivity contribution in [1.82, 2.24) is 4.98 Å². The lowest BCUT2D eigenvalue weighted by atomic mass is 10.00. The van der Waals surface area contributed by atoms with Gasteiger partial charge in [0.1, 0.15) is 11.3 Å². The second-order valence-electron chi connectivity index (χ2n) is 6.27. The van der Waals surface area contributed by atoms with E-state index in [1.807, 2.05) is 6.92 Å². The molecule has 1 heterocycles. The molecule has 6 heteroatoms. The summed E-state index contributed by atoms with van der Waals surface area (Å²) in [5.74, 6) is -0.0980. The van der Waals surface area contributed by atoms with Crippen molar-refractivity contribution in [1.29, 1.82) is 0 Å². The van der Waals surface area contributed by atoms with Crippen molar-refractivity contribution in [3.8, 4) is 22.6 Å². The Balaban J connectivity index is 1.90. The molecule has 0 N–H and O–H groups in total. The first-order valence-corrected chi connectivity index (χ1v) is 8.16. The standard InChI is InChI=1S/C21H13F4NO/c1-12-9-17(14-3-2-4-15(11-14)21(23,24)25)19-18(10-12)26-20(27-19)13-5-7-16(22)8-6-13/h2-11H,1H3. The molecule has 0 aliphatic heterocycles. The SMILES string of the molecule is Cc1cc(-c2cccc(C(F)(F)F)c2)c2oc(-c3ccc(F)cc3)nc2c1. The Morgan fingerprint density at radius 2 is 1.63 bits per heavy atom. The second-order valence-corrected chi connectivity index (χ2v) is 6.27. The van der Waals surface area contributed by atoms with Gasteiger partial charge in [-0.2, -0.15) is 13.2 Å². The molecule has 0 aliphatic rings. The van der Waals surface area contributed by atoms with E-state index in [1.165, 1.54) is 30.3 Å². The van der Waals surface area contributed by atoms with Crippen LogP contribution in [0.25, 0.3) is 33.7 Å². The number of hydrogen-bond donors (Lipinski definition) is 0. The molecule has 0 fully saturated rings. The fourth-order valence-electron chi connectivity index (χ4n) is 2.97. The molecule has 3 aromatic carbocycles. The van der Waals surface area contributed by atoms with Gasteiger partial charge in [-0.15, -0.1) is 0 Å². The highest BCUT2D eigenvalue weighted by atomic mass is 19.4. The maximum Gasteiger partial charge on any atom is 0.416 e.